The molecule has 0 saturated heterocycles. The first kappa shape index (κ1) is 14.1. The largest absolute Gasteiger partial charge is 1.00 e. The van der Waals surface area contributed by atoms with Gasteiger partial charge >= 0.3 is 0 Å². The van der Waals surface area contributed by atoms with E-state index in [1.165, 1.54) is 19.3 Å². The maximum Gasteiger partial charge on any atom is 0.163 e. The molecular weight excluding hydrogens is 278 g/mol. The van der Waals surface area contributed by atoms with Crippen molar-refractivity contribution in [2.24, 2.45) is 10.3 Å². The quantitative estimate of drug-likeness (QED) is 0.742. The van der Waals surface area contributed by atoms with Crippen LogP contribution in [0, 0.1) is 0 Å². The van der Waals surface area contributed by atoms with Gasteiger partial charge in [-0.15, -0.1) is 5.01 Å². The first-order chi connectivity index (χ1) is 7.90. The average Bonchev–Trinajstić information content (AvgIpc) is 2.79. The lowest BCUT2D eigenvalue weighted by Gasteiger charge is -2.00. The Balaban J connectivity index is 0.00000144. The Kier molecular flexibility index (Phi) is 6.08. The van der Waals surface area contributed by atoms with Gasteiger partial charge in [0.2, 0.25) is 0 Å². The molecule has 0 bridgehead atoms. The molecule has 0 fully saturated rings. The fourth-order valence-corrected chi connectivity index (χ4v) is 1.76. The zero-order valence-electron chi connectivity index (χ0n) is 10.1. The normalized spacial score (nSPS) is 17.7. The van der Waals surface area contributed by atoms with Gasteiger partial charge in [-0.2, -0.15) is 0 Å². The molecule has 4 heteroatoms. The number of nitrogens with one attached hydrogen (secondary N) is 1. The number of nitrogens with zero attached hydrogens (tertiary/aromatic N) is 2. The Labute approximate surface area is 113 Å². The highest BCUT2D eigenvalue weighted by molar-refractivity contribution is 5.28. The van der Waals surface area contributed by atoms with Crippen LogP contribution in [0.25, 0.3) is 0 Å². The third-order valence-corrected chi connectivity index (χ3v) is 2.70. The van der Waals surface area contributed by atoms with Gasteiger partial charge in [0.05, 0.1) is 0 Å². The minimum Gasteiger partial charge on any atom is -1.00 e. The minimum absolute atomic E-state index is 0. The Bertz CT molecular complexity index is 387. The van der Waals surface area contributed by atoms with Crippen molar-refractivity contribution in [2.75, 3.05) is 0 Å². The van der Waals surface area contributed by atoms with Gasteiger partial charge < -0.3 is 17.0 Å². The third-order valence-electron chi connectivity index (χ3n) is 2.70. The molecule has 3 nitrogen and oxygen atoms in total. The van der Waals surface area contributed by atoms with Crippen molar-refractivity contribution in [2.45, 2.75) is 32.6 Å². The topological polar surface area (TPSA) is 29.2 Å². The predicted molar refractivity (Wildman–Crippen MR) is 64.1 cm³/mol. The van der Waals surface area contributed by atoms with Gasteiger partial charge in [-0.3, -0.25) is 0 Å². The maximum atomic E-state index is 4.22. The minimum atomic E-state index is 0. The number of benzene rings is 1. The first-order valence-electron chi connectivity index (χ1n) is 5.95. The monoisotopic (exact) mass is 295 g/mol. The lowest BCUT2D eigenvalue weighted by molar-refractivity contribution is -0.783. The van der Waals surface area contributed by atoms with Crippen LogP contribution >= 0.6 is 0 Å². The van der Waals surface area contributed by atoms with Gasteiger partial charge in [-0.05, 0) is 12.8 Å². The molecule has 1 heterocycles. The van der Waals surface area contributed by atoms with Crippen LogP contribution in [-0.4, -0.2) is 0 Å². The summed E-state index contributed by atoms with van der Waals surface area (Å²) in [7, 11) is 0. The van der Waals surface area contributed by atoms with E-state index in [0.717, 1.165) is 22.8 Å². The van der Waals surface area contributed by atoms with Crippen molar-refractivity contribution in [3.63, 3.8) is 0 Å². The molecule has 1 aromatic rings. The van der Waals surface area contributed by atoms with Crippen molar-refractivity contribution >= 4 is 5.69 Å². The molecule has 0 aromatic heterocycles. The molecular formula is C13H18BrN3. The molecule has 92 valence electrons. The molecule has 0 radical (unpaired) electrons. The smallest absolute Gasteiger partial charge is 0.163 e. The zero-order chi connectivity index (χ0) is 11.2. The highest BCUT2D eigenvalue weighted by atomic mass is 79.9. The number of quaternary nitrogens is 1. The summed E-state index contributed by atoms with van der Waals surface area (Å²) in [6, 6.07) is 10.2. The van der Waals surface area contributed by atoms with E-state index in [2.05, 4.69) is 35.6 Å². The average molecular weight is 296 g/mol. The molecule has 1 atom stereocenters. The second kappa shape index (κ2) is 7.35. The van der Waals surface area contributed by atoms with Crippen LogP contribution in [0.5, 0.6) is 0 Å². The van der Waals surface area contributed by atoms with Gasteiger partial charge in [-0.25, -0.2) is 0 Å². The van der Waals surface area contributed by atoms with Gasteiger partial charge in [-0.1, -0.05) is 43.1 Å². The number of halogens is 1. The Morgan fingerprint density at radius 1 is 1.12 bits per heavy atom. The van der Waals surface area contributed by atoms with Crippen molar-refractivity contribution in [1.82, 2.24) is 0 Å². The van der Waals surface area contributed by atoms with E-state index in [1.807, 2.05) is 18.2 Å². The number of unbranched alkanes of at least 4 members (excludes halogenated alkanes) is 2. The summed E-state index contributed by atoms with van der Waals surface area (Å²) in [6.07, 6.45) is 6.88. The van der Waals surface area contributed by atoms with Crippen LogP contribution in [0.3, 0.4) is 0 Å². The summed E-state index contributed by atoms with van der Waals surface area (Å²) < 4.78 is 0. The number of hydrogen-bond acceptors (Lipinski definition) is 2. The Hall–Kier alpha value is -1.00. The molecule has 0 saturated carbocycles. The Morgan fingerprint density at radius 2 is 1.88 bits per heavy atom. The first-order valence-corrected chi connectivity index (χ1v) is 5.95. The van der Waals surface area contributed by atoms with Crippen LogP contribution in [0.15, 0.2) is 52.6 Å². The highest BCUT2D eigenvalue weighted by Gasteiger charge is 2.16. The van der Waals surface area contributed by atoms with E-state index >= 15 is 0 Å². The summed E-state index contributed by atoms with van der Waals surface area (Å²) >= 11 is 0. The van der Waals surface area contributed by atoms with E-state index in [4.69, 9.17) is 0 Å². The molecule has 0 amide bonds. The van der Waals surface area contributed by atoms with Gasteiger partial charge in [0, 0.05) is 17.4 Å². The van der Waals surface area contributed by atoms with E-state index in [1.54, 1.807) is 0 Å². The number of rotatable bonds is 5. The van der Waals surface area contributed by atoms with Crippen LogP contribution in [-0.2, 0) is 0 Å². The summed E-state index contributed by atoms with van der Waals surface area (Å²) in [5.74, 6) is 0. The van der Waals surface area contributed by atoms with Crippen LogP contribution in [0.1, 0.15) is 32.6 Å². The molecule has 1 unspecified atom stereocenters. The lowest BCUT2D eigenvalue weighted by atomic mass is 10.2. The maximum absolute atomic E-state index is 4.22. The predicted octanol–water partition coefficient (Wildman–Crippen LogP) is 0.00950. The number of allylic oxidation sites excluding steroid dienone is 1. The fourth-order valence-electron chi connectivity index (χ4n) is 1.76. The fraction of sp³-hybridized carbons (Fsp3) is 0.385. The van der Waals surface area contributed by atoms with Crippen molar-refractivity contribution in [3.8, 4) is 0 Å². The van der Waals surface area contributed by atoms with E-state index in [-0.39, 0.29) is 17.0 Å². The standard InChI is InChI=1S/C13H17N3.BrH/c1-2-3-5-8-12-11-16(15-14-12)13-9-6-4-7-10-13;/h4,6-7,9-11H,2-3,5,8H2,1H3;1H. The summed E-state index contributed by atoms with van der Waals surface area (Å²) in [5, 5.41) is 9.42. The molecule has 17 heavy (non-hydrogen) atoms. The lowest BCUT2D eigenvalue weighted by Crippen LogP contribution is -3.00. The van der Waals surface area contributed by atoms with Crippen molar-refractivity contribution in [1.29, 1.82) is 0 Å². The second-order valence-electron chi connectivity index (χ2n) is 4.04. The van der Waals surface area contributed by atoms with Crippen molar-refractivity contribution < 1.29 is 22.0 Å². The molecule has 1 N–H and O–H groups in total. The Morgan fingerprint density at radius 3 is 2.59 bits per heavy atom. The van der Waals surface area contributed by atoms with E-state index in [9.17, 15) is 0 Å². The van der Waals surface area contributed by atoms with E-state index in [0.29, 0.717) is 0 Å². The molecule has 1 aliphatic rings. The molecule has 0 aliphatic carbocycles. The molecule has 1 aromatic carbocycles. The third kappa shape index (κ3) is 4.06. The molecule has 0 spiro atoms. The van der Waals surface area contributed by atoms with Gasteiger partial charge in [0.15, 0.2) is 11.9 Å². The number of hydrogen-bond donors (Lipinski definition) is 1. The number of para-hydroxylation sites is 1. The summed E-state index contributed by atoms with van der Waals surface area (Å²) in [5.41, 5.74) is 2.27. The van der Waals surface area contributed by atoms with Crippen LogP contribution < -0.4 is 22.0 Å². The highest BCUT2D eigenvalue weighted by Crippen LogP contribution is 2.12. The molecule has 1 aliphatic heterocycles. The van der Waals surface area contributed by atoms with E-state index < -0.39 is 0 Å². The van der Waals surface area contributed by atoms with Gasteiger partial charge in [0.25, 0.3) is 0 Å². The van der Waals surface area contributed by atoms with Crippen LogP contribution in [0.2, 0.25) is 0 Å². The van der Waals surface area contributed by atoms with Crippen LogP contribution in [0.4, 0.5) is 5.69 Å². The molecule has 2 rings (SSSR count). The zero-order valence-corrected chi connectivity index (χ0v) is 11.7. The second-order valence-corrected chi connectivity index (χ2v) is 4.04. The summed E-state index contributed by atoms with van der Waals surface area (Å²) in [4.78, 5) is 0. The van der Waals surface area contributed by atoms with Gasteiger partial charge in [0.1, 0.15) is 5.70 Å². The SMILES string of the molecule is CCCCCC1=C[NH+](c2ccccc2)N=N1.[Br-]. The van der Waals surface area contributed by atoms with Crippen molar-refractivity contribution in [3.05, 3.63) is 42.2 Å². The summed E-state index contributed by atoms with van der Waals surface area (Å²) in [6.45, 7) is 2.21.